The maximum absolute atomic E-state index is 12.0. The van der Waals surface area contributed by atoms with Crippen LogP contribution >= 0.6 is 50.5 Å². The lowest BCUT2D eigenvalue weighted by molar-refractivity contribution is 0.0951. The van der Waals surface area contributed by atoms with E-state index in [0.717, 1.165) is 4.88 Å². The van der Waals surface area contributed by atoms with Gasteiger partial charge in [0.25, 0.3) is 5.91 Å². The fraction of sp³-hybridized carbons (Fsp3) is 0.0833. The van der Waals surface area contributed by atoms with Crippen LogP contribution in [0.3, 0.4) is 0 Å². The molecule has 0 radical (unpaired) electrons. The molecule has 1 heterocycles. The first-order valence-corrected chi connectivity index (χ1v) is 7.41. The summed E-state index contributed by atoms with van der Waals surface area (Å²) in [6.45, 7) is 0.444. The van der Waals surface area contributed by atoms with Crippen LogP contribution in [0.5, 0.6) is 0 Å². The van der Waals surface area contributed by atoms with Crippen LogP contribution in [-0.2, 0) is 6.54 Å². The number of hydrogen-bond acceptors (Lipinski definition) is 2. The Morgan fingerprint density at radius 1 is 1.28 bits per heavy atom. The summed E-state index contributed by atoms with van der Waals surface area (Å²) < 4.78 is 1.41. The van der Waals surface area contributed by atoms with Crippen molar-refractivity contribution < 1.29 is 4.79 Å². The quantitative estimate of drug-likeness (QED) is 0.836. The molecule has 0 atom stereocenters. The third kappa shape index (κ3) is 3.26. The van der Waals surface area contributed by atoms with Crippen molar-refractivity contribution in [3.8, 4) is 0 Å². The summed E-state index contributed by atoms with van der Waals surface area (Å²) in [5, 5.41) is 3.22. The smallest absolute Gasteiger partial charge is 0.253 e. The maximum Gasteiger partial charge on any atom is 0.253 e. The second kappa shape index (κ2) is 6.06. The van der Waals surface area contributed by atoms with Gasteiger partial charge in [-0.25, -0.2) is 0 Å². The van der Waals surface area contributed by atoms with Crippen LogP contribution in [0.1, 0.15) is 15.2 Å². The topological polar surface area (TPSA) is 29.1 Å². The van der Waals surface area contributed by atoms with E-state index in [9.17, 15) is 4.79 Å². The second-order valence-electron chi connectivity index (χ2n) is 3.49. The molecular formula is C12H8BrCl2NOS. The molecule has 18 heavy (non-hydrogen) atoms. The summed E-state index contributed by atoms with van der Waals surface area (Å²) in [5.74, 6) is -0.203. The van der Waals surface area contributed by atoms with E-state index in [0.29, 0.717) is 25.9 Å². The Morgan fingerprint density at radius 2 is 2.06 bits per heavy atom. The third-order valence-electron chi connectivity index (χ3n) is 2.25. The van der Waals surface area contributed by atoms with Crippen molar-refractivity contribution in [3.05, 3.63) is 54.6 Å². The van der Waals surface area contributed by atoms with Crippen LogP contribution in [0.15, 0.2) is 34.8 Å². The molecule has 0 saturated carbocycles. The lowest BCUT2D eigenvalue weighted by Gasteiger charge is -2.06. The van der Waals surface area contributed by atoms with Crippen molar-refractivity contribution in [1.29, 1.82) is 0 Å². The van der Waals surface area contributed by atoms with Gasteiger partial charge in [0.1, 0.15) is 0 Å². The number of rotatable bonds is 3. The average molecular weight is 365 g/mol. The van der Waals surface area contributed by atoms with Crippen LogP contribution in [0.2, 0.25) is 9.36 Å². The Kier molecular flexibility index (Phi) is 4.67. The third-order valence-corrected chi connectivity index (χ3v) is 4.78. The first kappa shape index (κ1) is 13.9. The van der Waals surface area contributed by atoms with Gasteiger partial charge < -0.3 is 5.32 Å². The second-order valence-corrected chi connectivity index (χ2v) is 6.52. The van der Waals surface area contributed by atoms with Crippen molar-refractivity contribution in [2.24, 2.45) is 0 Å². The van der Waals surface area contributed by atoms with Crippen LogP contribution < -0.4 is 5.32 Å². The van der Waals surface area contributed by atoms with Gasteiger partial charge in [-0.2, -0.15) is 0 Å². The van der Waals surface area contributed by atoms with Gasteiger partial charge in [0, 0.05) is 9.35 Å². The summed E-state index contributed by atoms with van der Waals surface area (Å²) in [4.78, 5) is 13.0. The van der Waals surface area contributed by atoms with E-state index in [2.05, 4.69) is 21.2 Å². The number of thiophene rings is 1. The predicted molar refractivity (Wildman–Crippen MR) is 79.7 cm³/mol. The SMILES string of the molecule is O=C(NCc1ccc(Cl)s1)c1cccc(Br)c1Cl. The van der Waals surface area contributed by atoms with E-state index in [4.69, 9.17) is 23.2 Å². The van der Waals surface area contributed by atoms with Crippen LogP contribution in [0.25, 0.3) is 0 Å². The molecule has 1 aromatic heterocycles. The van der Waals surface area contributed by atoms with Gasteiger partial charge in [0.05, 0.1) is 21.5 Å². The summed E-state index contributed by atoms with van der Waals surface area (Å²) in [6, 6.07) is 8.93. The highest BCUT2D eigenvalue weighted by Gasteiger charge is 2.12. The summed E-state index contributed by atoms with van der Waals surface area (Å²) in [6.07, 6.45) is 0. The normalized spacial score (nSPS) is 10.4. The molecule has 2 rings (SSSR count). The fourth-order valence-corrected chi connectivity index (χ4v) is 2.99. The summed E-state index contributed by atoms with van der Waals surface area (Å²) in [5.41, 5.74) is 0.452. The van der Waals surface area contributed by atoms with Crippen molar-refractivity contribution in [2.75, 3.05) is 0 Å². The molecule has 1 N–H and O–H groups in total. The minimum Gasteiger partial charge on any atom is -0.347 e. The van der Waals surface area contributed by atoms with Crippen molar-refractivity contribution in [2.45, 2.75) is 6.54 Å². The first-order valence-electron chi connectivity index (χ1n) is 5.04. The number of nitrogens with one attached hydrogen (secondary N) is 1. The predicted octanol–water partition coefficient (Wildman–Crippen LogP) is 4.75. The summed E-state index contributed by atoms with van der Waals surface area (Å²) >= 11 is 16.6. The van der Waals surface area contributed by atoms with Crippen LogP contribution in [0.4, 0.5) is 0 Å². The Hall–Kier alpha value is -0.550. The van der Waals surface area contributed by atoms with Crippen LogP contribution in [0, 0.1) is 0 Å². The van der Waals surface area contributed by atoms with E-state index in [1.54, 1.807) is 24.3 Å². The Balaban J connectivity index is 2.06. The van der Waals surface area contributed by atoms with Gasteiger partial charge in [-0.15, -0.1) is 11.3 Å². The van der Waals surface area contributed by atoms with E-state index >= 15 is 0 Å². The Labute approximate surface area is 127 Å². The number of hydrogen-bond donors (Lipinski definition) is 1. The van der Waals surface area contributed by atoms with Gasteiger partial charge in [-0.1, -0.05) is 29.3 Å². The molecule has 1 amide bonds. The molecule has 0 spiro atoms. The van der Waals surface area contributed by atoms with Crippen molar-refractivity contribution >= 4 is 56.4 Å². The van der Waals surface area contributed by atoms with Crippen molar-refractivity contribution in [3.63, 3.8) is 0 Å². The molecule has 0 aliphatic carbocycles. The van der Waals surface area contributed by atoms with Gasteiger partial charge in [-0.05, 0) is 40.2 Å². The van der Waals surface area contributed by atoms with E-state index in [-0.39, 0.29) is 5.91 Å². The lowest BCUT2D eigenvalue weighted by Crippen LogP contribution is -2.22. The van der Waals surface area contributed by atoms with Crippen LogP contribution in [-0.4, -0.2) is 5.91 Å². The highest BCUT2D eigenvalue weighted by atomic mass is 79.9. The molecule has 0 saturated heterocycles. The number of benzene rings is 1. The number of halogens is 3. The molecule has 0 bridgehead atoms. The highest BCUT2D eigenvalue weighted by molar-refractivity contribution is 9.10. The molecule has 1 aromatic carbocycles. The molecule has 94 valence electrons. The van der Waals surface area contributed by atoms with Gasteiger partial charge in [-0.3, -0.25) is 4.79 Å². The number of carbonyl (C=O) groups is 1. The number of amides is 1. The zero-order valence-corrected chi connectivity index (χ0v) is 13.0. The zero-order valence-electron chi connectivity index (χ0n) is 9.04. The molecular weight excluding hydrogens is 357 g/mol. The first-order chi connectivity index (χ1) is 8.58. The van der Waals surface area contributed by atoms with E-state index in [1.165, 1.54) is 11.3 Å². The largest absolute Gasteiger partial charge is 0.347 e. The summed E-state index contributed by atoms with van der Waals surface area (Å²) in [7, 11) is 0. The molecule has 0 fully saturated rings. The molecule has 0 aliphatic heterocycles. The molecule has 6 heteroatoms. The monoisotopic (exact) mass is 363 g/mol. The Bertz CT molecular complexity index is 585. The highest BCUT2D eigenvalue weighted by Crippen LogP contribution is 2.26. The molecule has 0 aliphatic rings. The van der Waals surface area contributed by atoms with E-state index < -0.39 is 0 Å². The minimum absolute atomic E-state index is 0.203. The van der Waals surface area contributed by atoms with Gasteiger partial charge in [0.2, 0.25) is 0 Å². The van der Waals surface area contributed by atoms with Gasteiger partial charge >= 0.3 is 0 Å². The van der Waals surface area contributed by atoms with Crippen molar-refractivity contribution in [1.82, 2.24) is 5.32 Å². The van der Waals surface area contributed by atoms with E-state index in [1.807, 2.05) is 6.07 Å². The maximum atomic E-state index is 12.0. The Morgan fingerprint density at radius 3 is 2.72 bits per heavy atom. The van der Waals surface area contributed by atoms with Gasteiger partial charge in [0.15, 0.2) is 0 Å². The molecule has 2 nitrogen and oxygen atoms in total. The number of carbonyl (C=O) groups excluding carboxylic acids is 1. The lowest BCUT2D eigenvalue weighted by atomic mass is 10.2. The fourth-order valence-electron chi connectivity index (χ4n) is 1.39. The zero-order chi connectivity index (χ0) is 13.1. The molecule has 2 aromatic rings. The minimum atomic E-state index is -0.203. The standard InChI is InChI=1S/C12H8BrCl2NOS/c13-9-3-1-2-8(11(9)15)12(17)16-6-7-4-5-10(14)18-7/h1-5H,6H2,(H,16,17). The average Bonchev–Trinajstić information content (AvgIpc) is 2.76. The molecule has 0 unspecified atom stereocenters.